The minimum absolute atomic E-state index is 0.124. The van der Waals surface area contributed by atoms with E-state index in [1.165, 1.54) is 0 Å². The predicted octanol–water partition coefficient (Wildman–Crippen LogP) is 1.28. The lowest BCUT2D eigenvalue weighted by Gasteiger charge is -2.41. The van der Waals surface area contributed by atoms with Crippen LogP contribution in [0.4, 0.5) is 0 Å². The van der Waals surface area contributed by atoms with Crippen LogP contribution in [0.3, 0.4) is 0 Å². The Labute approximate surface area is 123 Å². The summed E-state index contributed by atoms with van der Waals surface area (Å²) in [5.41, 5.74) is 0. The lowest BCUT2D eigenvalue weighted by Crippen LogP contribution is -2.54. The molecule has 2 rings (SSSR count). The van der Waals surface area contributed by atoms with E-state index in [0.29, 0.717) is 31.5 Å². The maximum atomic E-state index is 12.9. The van der Waals surface area contributed by atoms with Gasteiger partial charge in [-0.05, 0) is 58.0 Å². The Hall–Kier alpha value is -0.170. The SMILES string of the molecule is CNCC1CCCN(S(=O)(=O)N2CCCC(C)C2C)C1. The Balaban J connectivity index is 2.09. The molecule has 2 fully saturated rings. The molecule has 2 aliphatic rings. The maximum absolute atomic E-state index is 12.9. The van der Waals surface area contributed by atoms with Gasteiger partial charge in [0.05, 0.1) is 0 Å². The van der Waals surface area contributed by atoms with Gasteiger partial charge in [-0.25, -0.2) is 0 Å². The van der Waals surface area contributed by atoms with Gasteiger partial charge in [0.2, 0.25) is 0 Å². The van der Waals surface area contributed by atoms with Crippen molar-refractivity contribution >= 4 is 10.2 Å². The Morgan fingerprint density at radius 1 is 1.15 bits per heavy atom. The van der Waals surface area contributed by atoms with Crippen LogP contribution in [-0.2, 0) is 10.2 Å². The molecule has 2 aliphatic heterocycles. The Bertz CT molecular complexity index is 411. The van der Waals surface area contributed by atoms with Gasteiger partial charge in [-0.2, -0.15) is 17.0 Å². The fourth-order valence-electron chi connectivity index (χ4n) is 3.46. The normalized spacial score (nSPS) is 34.2. The highest BCUT2D eigenvalue weighted by atomic mass is 32.2. The molecule has 20 heavy (non-hydrogen) atoms. The van der Waals surface area contributed by atoms with Crippen molar-refractivity contribution in [2.75, 3.05) is 33.2 Å². The second-order valence-electron chi connectivity index (χ2n) is 6.40. The molecule has 3 unspecified atom stereocenters. The Morgan fingerprint density at radius 2 is 1.85 bits per heavy atom. The highest BCUT2D eigenvalue weighted by Crippen LogP contribution is 2.29. The second kappa shape index (κ2) is 6.73. The zero-order chi connectivity index (χ0) is 14.8. The maximum Gasteiger partial charge on any atom is 0.282 e. The van der Waals surface area contributed by atoms with Gasteiger partial charge in [0.25, 0.3) is 10.2 Å². The minimum atomic E-state index is -3.28. The molecule has 0 spiro atoms. The molecule has 0 saturated carbocycles. The first-order valence-corrected chi connectivity index (χ1v) is 9.28. The summed E-state index contributed by atoms with van der Waals surface area (Å²) < 4.78 is 29.2. The van der Waals surface area contributed by atoms with Crippen molar-refractivity contribution in [3.05, 3.63) is 0 Å². The van der Waals surface area contributed by atoms with Gasteiger partial charge in [0.15, 0.2) is 0 Å². The molecule has 0 bridgehead atoms. The van der Waals surface area contributed by atoms with E-state index in [4.69, 9.17) is 0 Å². The van der Waals surface area contributed by atoms with Crippen molar-refractivity contribution in [1.29, 1.82) is 0 Å². The topological polar surface area (TPSA) is 52.7 Å². The molecule has 6 heteroatoms. The number of piperidine rings is 2. The monoisotopic (exact) mass is 303 g/mol. The number of nitrogens with one attached hydrogen (secondary N) is 1. The van der Waals surface area contributed by atoms with E-state index in [1.807, 2.05) is 7.05 Å². The van der Waals surface area contributed by atoms with E-state index in [-0.39, 0.29) is 6.04 Å². The zero-order valence-corrected chi connectivity index (χ0v) is 13.8. The third-order valence-corrected chi connectivity index (χ3v) is 7.00. The van der Waals surface area contributed by atoms with Crippen molar-refractivity contribution < 1.29 is 8.42 Å². The van der Waals surface area contributed by atoms with Crippen LogP contribution in [-0.4, -0.2) is 56.3 Å². The van der Waals surface area contributed by atoms with Crippen molar-refractivity contribution in [2.45, 2.75) is 45.6 Å². The van der Waals surface area contributed by atoms with Gasteiger partial charge in [-0.3, -0.25) is 0 Å². The van der Waals surface area contributed by atoms with Gasteiger partial charge < -0.3 is 5.32 Å². The zero-order valence-electron chi connectivity index (χ0n) is 13.0. The number of rotatable bonds is 4. The third-order valence-electron chi connectivity index (χ3n) is 4.91. The van der Waals surface area contributed by atoms with Crippen LogP contribution in [0, 0.1) is 11.8 Å². The van der Waals surface area contributed by atoms with Crippen LogP contribution in [0.25, 0.3) is 0 Å². The van der Waals surface area contributed by atoms with Gasteiger partial charge in [-0.1, -0.05) is 6.92 Å². The molecule has 0 radical (unpaired) electrons. The summed E-state index contributed by atoms with van der Waals surface area (Å²) in [5.74, 6) is 0.900. The molecule has 0 aromatic heterocycles. The molecule has 5 nitrogen and oxygen atoms in total. The van der Waals surface area contributed by atoms with Crippen LogP contribution in [0.15, 0.2) is 0 Å². The number of hydrogen-bond donors (Lipinski definition) is 1. The summed E-state index contributed by atoms with van der Waals surface area (Å²) in [5, 5.41) is 3.17. The first-order valence-electron chi connectivity index (χ1n) is 7.88. The highest BCUT2D eigenvalue weighted by Gasteiger charge is 2.38. The molecule has 0 aromatic rings. The van der Waals surface area contributed by atoms with Crippen molar-refractivity contribution in [3.63, 3.8) is 0 Å². The first kappa shape index (κ1) is 16.2. The van der Waals surface area contributed by atoms with Gasteiger partial charge >= 0.3 is 0 Å². The van der Waals surface area contributed by atoms with E-state index in [0.717, 1.165) is 32.2 Å². The average molecular weight is 303 g/mol. The Morgan fingerprint density at radius 3 is 2.55 bits per heavy atom. The van der Waals surface area contributed by atoms with E-state index in [1.54, 1.807) is 8.61 Å². The molecule has 3 atom stereocenters. The smallest absolute Gasteiger partial charge is 0.282 e. The quantitative estimate of drug-likeness (QED) is 0.851. The van der Waals surface area contributed by atoms with Crippen LogP contribution in [0.2, 0.25) is 0 Å². The molecule has 1 N–H and O–H groups in total. The second-order valence-corrected chi connectivity index (χ2v) is 8.28. The predicted molar refractivity (Wildman–Crippen MR) is 81.7 cm³/mol. The van der Waals surface area contributed by atoms with Gasteiger partial charge in [0.1, 0.15) is 0 Å². The Kier molecular flexibility index (Phi) is 5.45. The van der Waals surface area contributed by atoms with E-state index in [9.17, 15) is 8.42 Å². The molecule has 0 aliphatic carbocycles. The summed E-state index contributed by atoms with van der Waals surface area (Å²) in [4.78, 5) is 0. The highest BCUT2D eigenvalue weighted by molar-refractivity contribution is 7.86. The fraction of sp³-hybridized carbons (Fsp3) is 1.00. The molecule has 118 valence electrons. The summed E-state index contributed by atoms with van der Waals surface area (Å²) in [7, 11) is -1.35. The van der Waals surface area contributed by atoms with E-state index >= 15 is 0 Å². The summed E-state index contributed by atoms with van der Waals surface area (Å²) in [6, 6.07) is 0.124. The van der Waals surface area contributed by atoms with Crippen LogP contribution >= 0.6 is 0 Å². The lowest BCUT2D eigenvalue weighted by atomic mass is 9.94. The number of nitrogens with zero attached hydrogens (tertiary/aromatic N) is 2. The average Bonchev–Trinajstić information content (AvgIpc) is 2.42. The fourth-order valence-corrected chi connectivity index (χ4v) is 5.51. The third kappa shape index (κ3) is 3.35. The van der Waals surface area contributed by atoms with E-state index in [2.05, 4.69) is 19.2 Å². The summed E-state index contributed by atoms with van der Waals surface area (Å²) in [6.45, 7) is 7.14. The summed E-state index contributed by atoms with van der Waals surface area (Å²) >= 11 is 0. The minimum Gasteiger partial charge on any atom is -0.319 e. The van der Waals surface area contributed by atoms with Crippen LogP contribution in [0.1, 0.15) is 39.5 Å². The number of hydrogen-bond acceptors (Lipinski definition) is 3. The molecular formula is C14H29N3O2S. The van der Waals surface area contributed by atoms with Crippen molar-refractivity contribution in [1.82, 2.24) is 13.9 Å². The van der Waals surface area contributed by atoms with Crippen LogP contribution in [0.5, 0.6) is 0 Å². The largest absolute Gasteiger partial charge is 0.319 e. The van der Waals surface area contributed by atoms with Crippen LogP contribution < -0.4 is 5.32 Å². The molecule has 2 heterocycles. The van der Waals surface area contributed by atoms with Gasteiger partial charge in [0, 0.05) is 25.7 Å². The first-order chi connectivity index (χ1) is 9.46. The molecule has 0 aromatic carbocycles. The van der Waals surface area contributed by atoms with Crippen molar-refractivity contribution in [3.8, 4) is 0 Å². The summed E-state index contributed by atoms with van der Waals surface area (Å²) in [6.07, 6.45) is 4.22. The van der Waals surface area contributed by atoms with Gasteiger partial charge in [-0.15, -0.1) is 0 Å². The van der Waals surface area contributed by atoms with E-state index < -0.39 is 10.2 Å². The molecular weight excluding hydrogens is 274 g/mol. The lowest BCUT2D eigenvalue weighted by molar-refractivity contribution is 0.176. The molecule has 0 amide bonds. The standard InChI is InChI=1S/C14H29N3O2S/c1-12-6-4-9-17(13(12)2)20(18,19)16-8-5-7-14(11-16)10-15-3/h12-15H,4-11H2,1-3H3. The van der Waals surface area contributed by atoms with Crippen molar-refractivity contribution in [2.24, 2.45) is 11.8 Å². The molecule has 2 saturated heterocycles.